The second-order valence-corrected chi connectivity index (χ2v) is 8.77. The van der Waals surface area contributed by atoms with Crippen molar-refractivity contribution < 1.29 is 22.7 Å². The Morgan fingerprint density at radius 3 is 2.16 bits per heavy atom. The third-order valence-corrected chi connectivity index (χ3v) is 6.18. The minimum atomic E-state index is -4.02. The van der Waals surface area contributed by atoms with Crippen molar-refractivity contribution in [1.29, 1.82) is 0 Å². The zero-order valence-electron chi connectivity index (χ0n) is 16.5. The van der Waals surface area contributed by atoms with Gasteiger partial charge in [0.25, 0.3) is 15.9 Å². The minimum Gasteiger partial charge on any atom is -0.497 e. The lowest BCUT2D eigenvalue weighted by molar-refractivity contribution is 0.102. The van der Waals surface area contributed by atoms with Crippen LogP contribution >= 0.6 is 23.2 Å². The molecule has 0 aliphatic carbocycles. The van der Waals surface area contributed by atoms with E-state index < -0.39 is 15.9 Å². The number of sulfonamides is 1. The van der Waals surface area contributed by atoms with Crippen LogP contribution in [0.15, 0.2) is 65.6 Å². The van der Waals surface area contributed by atoms with Crippen LogP contribution in [0.25, 0.3) is 0 Å². The lowest BCUT2D eigenvalue weighted by Gasteiger charge is -2.14. The van der Waals surface area contributed by atoms with Crippen LogP contribution in [0.4, 0.5) is 11.4 Å². The van der Waals surface area contributed by atoms with Gasteiger partial charge < -0.3 is 14.8 Å². The molecule has 31 heavy (non-hydrogen) atoms. The molecule has 1 amide bonds. The van der Waals surface area contributed by atoms with Gasteiger partial charge in [-0.3, -0.25) is 9.52 Å². The number of carbonyl (C=O) groups excluding carboxylic acids is 1. The molecule has 0 radical (unpaired) electrons. The first-order chi connectivity index (χ1) is 14.7. The number of carbonyl (C=O) groups is 1. The van der Waals surface area contributed by atoms with E-state index in [1.165, 1.54) is 50.6 Å². The first kappa shape index (κ1) is 22.7. The predicted octanol–water partition coefficient (Wildman–Crippen LogP) is 5.06. The second-order valence-electron chi connectivity index (χ2n) is 6.28. The van der Waals surface area contributed by atoms with E-state index in [1.807, 2.05) is 0 Å². The Morgan fingerprint density at radius 1 is 0.871 bits per heavy atom. The van der Waals surface area contributed by atoms with Crippen LogP contribution in [0.3, 0.4) is 0 Å². The van der Waals surface area contributed by atoms with Gasteiger partial charge in [0.05, 0.1) is 24.8 Å². The van der Waals surface area contributed by atoms with Crippen LogP contribution in [-0.4, -0.2) is 28.5 Å². The number of ether oxygens (including phenoxy) is 2. The lowest BCUT2D eigenvalue weighted by atomic mass is 10.2. The predicted molar refractivity (Wildman–Crippen MR) is 121 cm³/mol. The molecule has 3 aromatic rings. The monoisotopic (exact) mass is 480 g/mol. The van der Waals surface area contributed by atoms with Crippen LogP contribution in [0.5, 0.6) is 11.5 Å². The molecule has 0 spiro atoms. The minimum absolute atomic E-state index is 0.114. The number of rotatable bonds is 7. The molecular formula is C21H18Cl2N2O5S. The van der Waals surface area contributed by atoms with Crippen molar-refractivity contribution >= 4 is 50.5 Å². The van der Waals surface area contributed by atoms with E-state index in [-0.39, 0.29) is 26.9 Å². The summed E-state index contributed by atoms with van der Waals surface area (Å²) in [6, 6.07) is 15.1. The number of amides is 1. The molecule has 0 aromatic heterocycles. The Labute approximate surface area is 189 Å². The van der Waals surface area contributed by atoms with Crippen molar-refractivity contribution in [2.45, 2.75) is 4.90 Å². The Balaban J connectivity index is 1.89. The van der Waals surface area contributed by atoms with E-state index in [1.54, 1.807) is 24.3 Å². The molecule has 162 valence electrons. The van der Waals surface area contributed by atoms with Crippen molar-refractivity contribution in [2.75, 3.05) is 24.3 Å². The third kappa shape index (κ3) is 5.41. The maximum atomic E-state index is 13.0. The summed E-state index contributed by atoms with van der Waals surface area (Å²) in [5, 5.41) is 3.20. The van der Waals surface area contributed by atoms with E-state index in [2.05, 4.69) is 10.0 Å². The summed E-state index contributed by atoms with van der Waals surface area (Å²) < 4.78 is 38.7. The van der Waals surface area contributed by atoms with E-state index in [4.69, 9.17) is 32.7 Å². The summed E-state index contributed by atoms with van der Waals surface area (Å²) in [5.41, 5.74) is 0.778. The summed E-state index contributed by atoms with van der Waals surface area (Å²) >= 11 is 11.9. The number of anilines is 2. The molecule has 0 heterocycles. The Kier molecular flexibility index (Phi) is 6.94. The zero-order chi connectivity index (χ0) is 22.6. The Bertz CT molecular complexity index is 1210. The largest absolute Gasteiger partial charge is 0.497 e. The van der Waals surface area contributed by atoms with Crippen molar-refractivity contribution in [1.82, 2.24) is 0 Å². The summed E-state index contributed by atoms with van der Waals surface area (Å²) in [5.74, 6) is 0.188. The summed E-state index contributed by atoms with van der Waals surface area (Å²) in [6.45, 7) is 0. The van der Waals surface area contributed by atoms with Crippen LogP contribution in [0.1, 0.15) is 10.4 Å². The number of hydrogen-bond donors (Lipinski definition) is 2. The first-order valence-electron chi connectivity index (χ1n) is 8.85. The van der Waals surface area contributed by atoms with Gasteiger partial charge in [0.15, 0.2) is 0 Å². The van der Waals surface area contributed by atoms with Crippen molar-refractivity contribution in [3.8, 4) is 11.5 Å². The van der Waals surface area contributed by atoms with E-state index in [0.29, 0.717) is 16.5 Å². The van der Waals surface area contributed by atoms with Crippen LogP contribution in [0, 0.1) is 0 Å². The highest BCUT2D eigenvalue weighted by Gasteiger charge is 2.21. The molecule has 0 saturated carbocycles. The molecule has 0 bridgehead atoms. The molecule has 2 N–H and O–H groups in total. The zero-order valence-corrected chi connectivity index (χ0v) is 18.8. The summed E-state index contributed by atoms with van der Waals surface area (Å²) in [6.07, 6.45) is 0. The average molecular weight is 481 g/mol. The molecular weight excluding hydrogens is 463 g/mol. The number of methoxy groups -OCH3 is 2. The quantitative estimate of drug-likeness (QED) is 0.492. The standard InChI is InChI=1S/C21H18Cl2N2O5S/c1-29-16-7-4-14(5-8-16)25-31(27,28)20-12-15(6-10-19(20)30-2)24-21(26)17-9-3-13(22)11-18(17)23/h3-12,25H,1-2H3,(H,24,26). The number of halogens is 2. The number of nitrogens with one attached hydrogen (secondary N) is 2. The van der Waals surface area contributed by atoms with Gasteiger partial charge >= 0.3 is 0 Å². The normalized spacial score (nSPS) is 11.0. The Hall–Kier alpha value is -2.94. The van der Waals surface area contributed by atoms with E-state index >= 15 is 0 Å². The summed E-state index contributed by atoms with van der Waals surface area (Å²) in [4.78, 5) is 12.4. The molecule has 3 aromatic carbocycles. The first-order valence-corrected chi connectivity index (χ1v) is 11.1. The van der Waals surface area contributed by atoms with Gasteiger partial charge in [0, 0.05) is 16.4 Å². The Morgan fingerprint density at radius 2 is 1.55 bits per heavy atom. The highest BCUT2D eigenvalue weighted by Crippen LogP contribution is 2.30. The van der Waals surface area contributed by atoms with Crippen LogP contribution in [0.2, 0.25) is 10.0 Å². The van der Waals surface area contributed by atoms with Gasteiger partial charge in [-0.05, 0) is 60.7 Å². The average Bonchev–Trinajstić information content (AvgIpc) is 2.74. The molecule has 0 fully saturated rings. The highest BCUT2D eigenvalue weighted by atomic mass is 35.5. The van der Waals surface area contributed by atoms with Gasteiger partial charge in [0.2, 0.25) is 0 Å². The van der Waals surface area contributed by atoms with Gasteiger partial charge in [-0.1, -0.05) is 23.2 Å². The van der Waals surface area contributed by atoms with E-state index in [0.717, 1.165) is 0 Å². The molecule has 0 aliphatic heterocycles. The molecule has 10 heteroatoms. The number of hydrogen-bond acceptors (Lipinski definition) is 5. The molecule has 0 aliphatic rings. The topological polar surface area (TPSA) is 93.7 Å². The van der Waals surface area contributed by atoms with Crippen molar-refractivity contribution in [3.63, 3.8) is 0 Å². The fourth-order valence-corrected chi connectivity index (χ4v) is 4.45. The fraction of sp³-hybridized carbons (Fsp3) is 0.0952. The second kappa shape index (κ2) is 9.47. The fourth-order valence-electron chi connectivity index (χ4n) is 2.71. The van der Waals surface area contributed by atoms with Gasteiger partial charge in [-0.15, -0.1) is 0 Å². The smallest absolute Gasteiger partial charge is 0.265 e. The van der Waals surface area contributed by atoms with Crippen molar-refractivity contribution in [3.05, 3.63) is 76.3 Å². The van der Waals surface area contributed by atoms with Crippen LogP contribution in [-0.2, 0) is 10.0 Å². The van der Waals surface area contributed by atoms with Gasteiger partial charge in [-0.2, -0.15) is 0 Å². The molecule has 0 atom stereocenters. The van der Waals surface area contributed by atoms with Gasteiger partial charge in [-0.25, -0.2) is 8.42 Å². The summed E-state index contributed by atoms with van der Waals surface area (Å²) in [7, 11) is -1.15. The van der Waals surface area contributed by atoms with Crippen molar-refractivity contribution in [2.24, 2.45) is 0 Å². The van der Waals surface area contributed by atoms with Crippen LogP contribution < -0.4 is 19.5 Å². The maximum Gasteiger partial charge on any atom is 0.265 e. The van der Waals surface area contributed by atoms with E-state index in [9.17, 15) is 13.2 Å². The maximum absolute atomic E-state index is 13.0. The van der Waals surface area contributed by atoms with Gasteiger partial charge in [0.1, 0.15) is 16.4 Å². The lowest BCUT2D eigenvalue weighted by Crippen LogP contribution is -2.16. The molecule has 7 nitrogen and oxygen atoms in total. The SMILES string of the molecule is COc1ccc(NS(=O)(=O)c2cc(NC(=O)c3ccc(Cl)cc3Cl)ccc2OC)cc1. The third-order valence-electron chi connectivity index (χ3n) is 4.23. The highest BCUT2D eigenvalue weighted by molar-refractivity contribution is 7.92. The molecule has 0 unspecified atom stereocenters. The number of benzene rings is 3. The molecule has 3 rings (SSSR count). The molecule has 0 saturated heterocycles.